The Morgan fingerprint density at radius 1 is 1.04 bits per heavy atom. The highest BCUT2D eigenvalue weighted by atomic mass is 32.2. The lowest BCUT2D eigenvalue weighted by atomic mass is 9.87. The van der Waals surface area contributed by atoms with Gasteiger partial charge in [0.15, 0.2) is 28.6 Å². The lowest BCUT2D eigenvalue weighted by molar-refractivity contribution is 0.0825. The Morgan fingerprint density at radius 3 is 2.46 bits per heavy atom. The van der Waals surface area contributed by atoms with Gasteiger partial charge in [-0.2, -0.15) is 0 Å². The molecule has 146 valence electrons. The first-order valence-electron chi connectivity index (χ1n) is 9.42. The van der Waals surface area contributed by atoms with Gasteiger partial charge in [0.25, 0.3) is 0 Å². The second-order valence-electron chi connectivity index (χ2n) is 8.00. The van der Waals surface area contributed by atoms with Crippen LogP contribution in [-0.2, 0) is 18.2 Å². The van der Waals surface area contributed by atoms with Crippen LogP contribution in [0.5, 0.6) is 11.5 Å². The average Bonchev–Trinajstić information content (AvgIpc) is 3.06. The molecule has 0 aliphatic carbocycles. The quantitative estimate of drug-likeness (QED) is 0.587. The van der Waals surface area contributed by atoms with Crippen molar-refractivity contribution in [2.45, 2.75) is 43.2 Å². The first-order valence-corrected chi connectivity index (χ1v) is 10.4. The van der Waals surface area contributed by atoms with Gasteiger partial charge in [-0.05, 0) is 28.7 Å². The van der Waals surface area contributed by atoms with Crippen molar-refractivity contribution in [3.63, 3.8) is 0 Å². The Labute approximate surface area is 170 Å². The van der Waals surface area contributed by atoms with Gasteiger partial charge in [-0.1, -0.05) is 68.9 Å². The molecule has 2 aromatic carbocycles. The van der Waals surface area contributed by atoms with Crippen molar-refractivity contribution < 1.29 is 9.47 Å². The molecule has 3 aromatic rings. The highest BCUT2D eigenvalue weighted by molar-refractivity contribution is 7.98. The van der Waals surface area contributed by atoms with Crippen molar-refractivity contribution in [1.29, 1.82) is 0 Å². The molecule has 5 nitrogen and oxygen atoms in total. The fourth-order valence-electron chi connectivity index (χ4n) is 3.13. The number of para-hydroxylation sites is 2. The zero-order chi connectivity index (χ0) is 19.7. The molecule has 0 radical (unpaired) electrons. The predicted molar refractivity (Wildman–Crippen MR) is 111 cm³/mol. The second kappa shape index (κ2) is 7.51. The van der Waals surface area contributed by atoms with Crippen molar-refractivity contribution in [2.75, 3.05) is 6.61 Å². The summed E-state index contributed by atoms with van der Waals surface area (Å²) < 4.78 is 13.9. The summed E-state index contributed by atoms with van der Waals surface area (Å²) in [6.45, 7) is 7.12. The van der Waals surface area contributed by atoms with Crippen LogP contribution in [0.25, 0.3) is 0 Å². The maximum atomic E-state index is 6.06. The van der Waals surface area contributed by atoms with Crippen LogP contribution >= 0.6 is 11.8 Å². The van der Waals surface area contributed by atoms with E-state index in [2.05, 4.69) is 55.2 Å². The summed E-state index contributed by atoms with van der Waals surface area (Å²) >= 11 is 1.68. The van der Waals surface area contributed by atoms with Gasteiger partial charge >= 0.3 is 0 Å². The summed E-state index contributed by atoms with van der Waals surface area (Å²) in [4.78, 5) is 0. The lowest BCUT2D eigenvalue weighted by Crippen LogP contribution is -2.24. The number of hydrogen-bond donors (Lipinski definition) is 0. The molecule has 6 heteroatoms. The number of rotatable bonds is 4. The summed E-state index contributed by atoms with van der Waals surface area (Å²) in [6, 6.07) is 16.5. The van der Waals surface area contributed by atoms with Gasteiger partial charge in [0, 0.05) is 12.8 Å². The molecule has 1 aromatic heterocycles. The number of thioether (sulfide) groups is 1. The van der Waals surface area contributed by atoms with E-state index in [1.165, 1.54) is 11.1 Å². The molecule has 1 aliphatic rings. The Hall–Kier alpha value is -2.47. The van der Waals surface area contributed by atoms with Crippen LogP contribution < -0.4 is 9.47 Å². The van der Waals surface area contributed by atoms with Crippen molar-refractivity contribution in [2.24, 2.45) is 7.05 Å². The third kappa shape index (κ3) is 3.87. The van der Waals surface area contributed by atoms with Gasteiger partial charge in [0.2, 0.25) is 0 Å². The van der Waals surface area contributed by atoms with E-state index in [4.69, 9.17) is 9.47 Å². The summed E-state index contributed by atoms with van der Waals surface area (Å²) in [5.41, 5.74) is 2.79. The smallest absolute Gasteiger partial charge is 0.192 e. The van der Waals surface area contributed by atoms with Crippen LogP contribution in [0.1, 0.15) is 43.8 Å². The van der Waals surface area contributed by atoms with Gasteiger partial charge in [0.1, 0.15) is 6.61 Å². The molecule has 0 amide bonds. The van der Waals surface area contributed by atoms with Gasteiger partial charge in [0.05, 0.1) is 0 Å². The fraction of sp³-hybridized carbons (Fsp3) is 0.364. The number of nitrogens with zero attached hydrogens (tertiary/aromatic N) is 3. The minimum Gasteiger partial charge on any atom is -0.485 e. The van der Waals surface area contributed by atoms with E-state index in [-0.39, 0.29) is 11.5 Å². The molecule has 0 bridgehead atoms. The second-order valence-corrected chi connectivity index (χ2v) is 8.94. The first kappa shape index (κ1) is 18.9. The van der Waals surface area contributed by atoms with E-state index in [0.717, 1.165) is 28.2 Å². The van der Waals surface area contributed by atoms with Crippen molar-refractivity contribution in [3.8, 4) is 11.5 Å². The largest absolute Gasteiger partial charge is 0.485 e. The van der Waals surface area contributed by atoms with Crippen molar-refractivity contribution in [3.05, 3.63) is 65.5 Å². The summed E-state index contributed by atoms with van der Waals surface area (Å²) in [7, 11) is 1.98. The standard InChI is InChI=1S/C22H25N3O2S/c1-22(2,3)16-11-9-15(10-12-16)14-28-21-24-23-20(25(21)4)19-13-26-17-7-5-6-8-18(17)27-19/h5-12,19H,13-14H2,1-4H3/t19-/m0/s1. The fourth-order valence-corrected chi connectivity index (χ4v) is 4.00. The third-order valence-corrected chi connectivity index (χ3v) is 5.94. The summed E-state index contributed by atoms with van der Waals surface area (Å²) in [5, 5.41) is 9.59. The number of benzene rings is 2. The predicted octanol–water partition coefficient (Wildman–Crippen LogP) is 4.92. The van der Waals surface area contributed by atoms with E-state index in [1.807, 2.05) is 35.9 Å². The van der Waals surface area contributed by atoms with Gasteiger partial charge in [-0.15, -0.1) is 10.2 Å². The number of fused-ring (bicyclic) bond motifs is 1. The van der Waals surface area contributed by atoms with Crippen LogP contribution in [0.3, 0.4) is 0 Å². The van der Waals surface area contributed by atoms with Crippen LogP contribution in [0.4, 0.5) is 0 Å². The maximum Gasteiger partial charge on any atom is 0.192 e. The Kier molecular flexibility index (Phi) is 5.06. The van der Waals surface area contributed by atoms with Crippen LogP contribution in [0.2, 0.25) is 0 Å². The maximum absolute atomic E-state index is 6.06. The molecule has 0 fully saturated rings. The van der Waals surface area contributed by atoms with E-state index in [0.29, 0.717) is 6.61 Å². The molecule has 0 saturated heterocycles. The molecule has 1 atom stereocenters. The van der Waals surface area contributed by atoms with Crippen molar-refractivity contribution >= 4 is 11.8 Å². The molecule has 1 aliphatic heterocycles. The lowest BCUT2D eigenvalue weighted by Gasteiger charge is -2.25. The SMILES string of the molecule is Cn1c(SCc2ccc(C(C)(C)C)cc2)nnc1[C@@H]1COc2ccccc2O1. The zero-order valence-corrected chi connectivity index (χ0v) is 17.5. The van der Waals surface area contributed by atoms with E-state index in [9.17, 15) is 0 Å². The summed E-state index contributed by atoms with van der Waals surface area (Å²) in [6.07, 6.45) is -0.257. The van der Waals surface area contributed by atoms with E-state index in [1.54, 1.807) is 11.8 Å². The molecular formula is C22H25N3O2S. The molecule has 4 rings (SSSR count). The average molecular weight is 396 g/mol. The Bertz CT molecular complexity index is 961. The third-order valence-electron chi connectivity index (χ3n) is 4.85. The number of hydrogen-bond acceptors (Lipinski definition) is 5. The van der Waals surface area contributed by atoms with E-state index >= 15 is 0 Å². The van der Waals surface area contributed by atoms with Gasteiger partial charge in [-0.25, -0.2) is 0 Å². The molecule has 2 heterocycles. The molecule has 0 unspecified atom stereocenters. The minimum atomic E-state index is -0.257. The van der Waals surface area contributed by atoms with Crippen LogP contribution in [0.15, 0.2) is 53.7 Å². The minimum absolute atomic E-state index is 0.171. The van der Waals surface area contributed by atoms with Gasteiger partial charge in [-0.3, -0.25) is 0 Å². The Balaban J connectivity index is 1.43. The highest BCUT2D eigenvalue weighted by Crippen LogP contribution is 2.36. The molecule has 0 N–H and O–H groups in total. The van der Waals surface area contributed by atoms with Crippen molar-refractivity contribution in [1.82, 2.24) is 14.8 Å². The summed E-state index contributed by atoms with van der Waals surface area (Å²) in [5.74, 6) is 3.14. The highest BCUT2D eigenvalue weighted by Gasteiger charge is 2.27. The number of aromatic nitrogens is 3. The topological polar surface area (TPSA) is 49.2 Å². The van der Waals surface area contributed by atoms with Gasteiger partial charge < -0.3 is 14.0 Å². The Morgan fingerprint density at radius 2 is 1.75 bits per heavy atom. The van der Waals surface area contributed by atoms with Crippen LogP contribution in [0, 0.1) is 0 Å². The number of ether oxygens (including phenoxy) is 2. The molecular weight excluding hydrogens is 370 g/mol. The van der Waals surface area contributed by atoms with E-state index < -0.39 is 0 Å². The molecule has 28 heavy (non-hydrogen) atoms. The normalized spacial score (nSPS) is 16.2. The van der Waals surface area contributed by atoms with Crippen LogP contribution in [-0.4, -0.2) is 21.4 Å². The molecule has 0 spiro atoms. The first-order chi connectivity index (χ1) is 13.4. The molecule has 0 saturated carbocycles. The monoisotopic (exact) mass is 395 g/mol. The zero-order valence-electron chi connectivity index (χ0n) is 16.7.